The minimum absolute atomic E-state index is 0.177. The number of aromatic nitrogens is 1. The zero-order valence-electron chi connectivity index (χ0n) is 10.7. The number of nitrogens with zero attached hydrogens (tertiary/aromatic N) is 2. The van der Waals surface area contributed by atoms with Crippen molar-refractivity contribution in [3.8, 4) is 0 Å². The molecule has 2 saturated heterocycles. The predicted molar refractivity (Wildman–Crippen MR) is 68.6 cm³/mol. The van der Waals surface area contributed by atoms with Crippen molar-refractivity contribution < 1.29 is 4.39 Å². The fourth-order valence-electron chi connectivity index (χ4n) is 3.30. The van der Waals surface area contributed by atoms with E-state index < -0.39 is 0 Å². The highest BCUT2D eigenvalue weighted by Gasteiger charge is 2.38. The summed E-state index contributed by atoms with van der Waals surface area (Å²) < 4.78 is 13.6. The van der Waals surface area contributed by atoms with Crippen molar-refractivity contribution in [3.63, 3.8) is 0 Å². The van der Waals surface area contributed by atoms with Gasteiger partial charge < -0.3 is 5.32 Å². The van der Waals surface area contributed by atoms with Gasteiger partial charge in [-0.1, -0.05) is 0 Å². The van der Waals surface area contributed by atoms with Crippen LogP contribution in [-0.4, -0.2) is 36.1 Å². The van der Waals surface area contributed by atoms with E-state index in [0.29, 0.717) is 5.41 Å². The van der Waals surface area contributed by atoms with Gasteiger partial charge in [0, 0.05) is 24.8 Å². The average Bonchev–Trinajstić information content (AvgIpc) is 2.76. The van der Waals surface area contributed by atoms with E-state index >= 15 is 0 Å². The number of halogens is 1. The number of piperidine rings is 1. The number of rotatable bonds is 2. The molecule has 0 atom stereocenters. The maximum Gasteiger partial charge on any atom is 0.145 e. The fourth-order valence-corrected chi connectivity index (χ4v) is 3.30. The average molecular weight is 249 g/mol. The normalized spacial score (nSPS) is 23.6. The molecule has 0 aromatic carbocycles. The second-order valence-corrected chi connectivity index (χ2v) is 5.68. The first-order valence-corrected chi connectivity index (χ1v) is 6.79. The molecule has 1 aromatic rings. The standard InChI is InChI=1S/C14H20FN3/c15-13-9-17-5-1-12(13)10-18-8-4-14(11-18)2-6-16-7-3-14/h1,5,9,16H,2-4,6-8,10-11H2. The molecule has 2 aliphatic heterocycles. The van der Waals surface area contributed by atoms with Gasteiger partial charge >= 0.3 is 0 Å². The molecule has 2 fully saturated rings. The molecule has 0 radical (unpaired) electrons. The van der Waals surface area contributed by atoms with Crippen LogP contribution in [0.5, 0.6) is 0 Å². The molecule has 4 heteroatoms. The maximum absolute atomic E-state index is 13.6. The predicted octanol–water partition coefficient (Wildman–Crippen LogP) is 1.80. The molecule has 3 heterocycles. The van der Waals surface area contributed by atoms with E-state index in [4.69, 9.17) is 0 Å². The van der Waals surface area contributed by atoms with E-state index in [2.05, 4.69) is 15.2 Å². The van der Waals surface area contributed by atoms with Crippen LogP contribution in [0.4, 0.5) is 4.39 Å². The van der Waals surface area contributed by atoms with E-state index in [-0.39, 0.29) is 5.82 Å². The summed E-state index contributed by atoms with van der Waals surface area (Å²) in [6.45, 7) is 5.22. The Morgan fingerprint density at radius 2 is 2.17 bits per heavy atom. The van der Waals surface area contributed by atoms with Gasteiger partial charge in [-0.05, 0) is 50.4 Å². The summed E-state index contributed by atoms with van der Waals surface area (Å²) in [6.07, 6.45) is 6.78. The van der Waals surface area contributed by atoms with E-state index in [1.807, 2.05) is 0 Å². The molecule has 1 aromatic heterocycles. The Morgan fingerprint density at radius 3 is 2.94 bits per heavy atom. The highest BCUT2D eigenvalue weighted by Crippen LogP contribution is 2.39. The third-order valence-electron chi connectivity index (χ3n) is 4.43. The van der Waals surface area contributed by atoms with Crippen LogP contribution in [0.15, 0.2) is 18.5 Å². The zero-order valence-corrected chi connectivity index (χ0v) is 10.7. The van der Waals surface area contributed by atoms with Crippen LogP contribution in [-0.2, 0) is 6.54 Å². The molecular weight excluding hydrogens is 229 g/mol. The minimum atomic E-state index is -0.177. The van der Waals surface area contributed by atoms with Gasteiger partial charge in [0.05, 0.1) is 6.20 Å². The first-order valence-electron chi connectivity index (χ1n) is 6.79. The number of pyridine rings is 1. The molecule has 98 valence electrons. The van der Waals surface area contributed by atoms with Crippen LogP contribution in [0, 0.1) is 11.2 Å². The second-order valence-electron chi connectivity index (χ2n) is 5.68. The number of hydrogen-bond donors (Lipinski definition) is 1. The van der Waals surface area contributed by atoms with Crippen LogP contribution < -0.4 is 5.32 Å². The van der Waals surface area contributed by atoms with Gasteiger partial charge in [-0.25, -0.2) is 4.39 Å². The molecule has 3 nitrogen and oxygen atoms in total. The molecule has 1 N–H and O–H groups in total. The Morgan fingerprint density at radius 1 is 1.33 bits per heavy atom. The summed E-state index contributed by atoms with van der Waals surface area (Å²) in [5.74, 6) is -0.177. The van der Waals surface area contributed by atoms with Crippen molar-refractivity contribution in [2.45, 2.75) is 25.8 Å². The van der Waals surface area contributed by atoms with Crippen LogP contribution >= 0.6 is 0 Å². The first kappa shape index (κ1) is 12.1. The van der Waals surface area contributed by atoms with Crippen LogP contribution in [0.1, 0.15) is 24.8 Å². The summed E-state index contributed by atoms with van der Waals surface area (Å²) in [5, 5.41) is 3.42. The highest BCUT2D eigenvalue weighted by molar-refractivity contribution is 5.13. The molecule has 0 amide bonds. The molecule has 0 aliphatic carbocycles. The Bertz CT molecular complexity index is 415. The van der Waals surface area contributed by atoms with E-state index in [0.717, 1.165) is 38.3 Å². The van der Waals surface area contributed by atoms with Gasteiger partial charge in [-0.15, -0.1) is 0 Å². The SMILES string of the molecule is Fc1cnccc1CN1CCC2(CCNCC2)C1. The topological polar surface area (TPSA) is 28.2 Å². The Labute approximate surface area is 107 Å². The van der Waals surface area contributed by atoms with E-state index in [1.54, 1.807) is 12.3 Å². The van der Waals surface area contributed by atoms with Gasteiger partial charge in [0.1, 0.15) is 5.82 Å². The van der Waals surface area contributed by atoms with Crippen LogP contribution in [0.25, 0.3) is 0 Å². The second kappa shape index (κ2) is 4.94. The lowest BCUT2D eigenvalue weighted by Gasteiger charge is -2.33. The molecular formula is C14H20FN3. The van der Waals surface area contributed by atoms with E-state index in [1.165, 1.54) is 25.5 Å². The maximum atomic E-state index is 13.6. The molecule has 1 spiro atoms. The molecule has 3 rings (SSSR count). The largest absolute Gasteiger partial charge is 0.317 e. The first-order chi connectivity index (χ1) is 8.77. The molecule has 18 heavy (non-hydrogen) atoms. The van der Waals surface area contributed by atoms with Crippen LogP contribution in [0.3, 0.4) is 0 Å². The summed E-state index contributed by atoms with van der Waals surface area (Å²) in [4.78, 5) is 6.19. The Hall–Kier alpha value is -1.00. The van der Waals surface area contributed by atoms with Gasteiger partial charge in [0.15, 0.2) is 0 Å². The quantitative estimate of drug-likeness (QED) is 0.866. The summed E-state index contributed by atoms with van der Waals surface area (Å²) in [5.41, 5.74) is 1.27. The monoisotopic (exact) mass is 249 g/mol. The van der Waals surface area contributed by atoms with Crippen molar-refractivity contribution in [2.24, 2.45) is 5.41 Å². The number of nitrogens with one attached hydrogen (secondary N) is 1. The molecule has 0 bridgehead atoms. The smallest absolute Gasteiger partial charge is 0.145 e. The van der Waals surface area contributed by atoms with Crippen molar-refractivity contribution >= 4 is 0 Å². The minimum Gasteiger partial charge on any atom is -0.317 e. The fraction of sp³-hybridized carbons (Fsp3) is 0.643. The summed E-state index contributed by atoms with van der Waals surface area (Å²) in [7, 11) is 0. The third-order valence-corrected chi connectivity index (χ3v) is 4.43. The lowest BCUT2D eigenvalue weighted by molar-refractivity contribution is 0.193. The van der Waals surface area contributed by atoms with Gasteiger partial charge in [0.2, 0.25) is 0 Å². The summed E-state index contributed by atoms with van der Waals surface area (Å²) >= 11 is 0. The summed E-state index contributed by atoms with van der Waals surface area (Å²) in [6, 6.07) is 1.79. The third kappa shape index (κ3) is 2.40. The van der Waals surface area contributed by atoms with Crippen molar-refractivity contribution in [1.29, 1.82) is 0 Å². The molecule has 0 unspecified atom stereocenters. The van der Waals surface area contributed by atoms with Crippen molar-refractivity contribution in [1.82, 2.24) is 15.2 Å². The van der Waals surface area contributed by atoms with Gasteiger partial charge in [-0.2, -0.15) is 0 Å². The van der Waals surface area contributed by atoms with Crippen LogP contribution in [0.2, 0.25) is 0 Å². The molecule has 0 saturated carbocycles. The van der Waals surface area contributed by atoms with Crippen molar-refractivity contribution in [2.75, 3.05) is 26.2 Å². The van der Waals surface area contributed by atoms with Crippen molar-refractivity contribution in [3.05, 3.63) is 29.8 Å². The Balaban J connectivity index is 1.64. The van der Waals surface area contributed by atoms with Gasteiger partial charge in [-0.3, -0.25) is 9.88 Å². The lowest BCUT2D eigenvalue weighted by Crippen LogP contribution is -2.38. The molecule has 2 aliphatic rings. The highest BCUT2D eigenvalue weighted by atomic mass is 19.1. The Kier molecular flexibility index (Phi) is 3.31. The number of hydrogen-bond acceptors (Lipinski definition) is 3. The zero-order chi connectivity index (χ0) is 12.4. The van der Waals surface area contributed by atoms with Gasteiger partial charge in [0.25, 0.3) is 0 Å². The van der Waals surface area contributed by atoms with E-state index in [9.17, 15) is 4.39 Å². The lowest BCUT2D eigenvalue weighted by atomic mass is 9.78. The number of likely N-dealkylation sites (tertiary alicyclic amines) is 1.